The van der Waals surface area contributed by atoms with Gasteiger partial charge in [0.15, 0.2) is 6.23 Å². The van der Waals surface area contributed by atoms with Gasteiger partial charge in [0.1, 0.15) is 18.3 Å². The summed E-state index contributed by atoms with van der Waals surface area (Å²) in [5.41, 5.74) is -0.275. The van der Waals surface area contributed by atoms with Gasteiger partial charge in [0.25, 0.3) is 0 Å². The molecule has 9 heteroatoms. The molecule has 0 spiro atoms. The highest BCUT2D eigenvalue weighted by molar-refractivity contribution is 7.54. The van der Waals surface area contributed by atoms with Gasteiger partial charge in [-0.2, -0.15) is 4.98 Å². The second-order valence-electron chi connectivity index (χ2n) is 6.25. The number of aryl methyl sites for hydroxylation is 1. The van der Waals surface area contributed by atoms with Gasteiger partial charge in [0.05, 0.1) is 11.8 Å². The van der Waals surface area contributed by atoms with Crippen LogP contribution >= 0.6 is 7.60 Å². The number of ether oxygens (including phenoxy) is 1. The predicted molar refractivity (Wildman–Crippen MR) is 81.3 cm³/mol. The molecule has 0 saturated carbocycles. The highest BCUT2D eigenvalue weighted by Crippen LogP contribution is 2.60. The molecule has 1 N–H and O–H groups in total. The van der Waals surface area contributed by atoms with Gasteiger partial charge < -0.3 is 14.4 Å². The minimum Gasteiger partial charge on any atom is -0.386 e. The van der Waals surface area contributed by atoms with Gasteiger partial charge in [-0.15, -0.1) is 0 Å². The summed E-state index contributed by atoms with van der Waals surface area (Å²) in [7, 11) is -3.33. The molecule has 3 rings (SSSR count). The molecule has 2 aliphatic heterocycles. The van der Waals surface area contributed by atoms with Crippen molar-refractivity contribution >= 4 is 7.60 Å². The number of hydrogen-bond acceptors (Lipinski definition) is 7. The first-order valence-corrected chi connectivity index (χ1v) is 9.20. The summed E-state index contributed by atoms with van der Waals surface area (Å²) in [6, 6.07) is 1.65. The summed E-state index contributed by atoms with van der Waals surface area (Å²) in [5, 5.41) is 10.5. The lowest BCUT2D eigenvalue weighted by molar-refractivity contribution is -0.0920. The Kier molecular flexibility index (Phi) is 4.23. The molecule has 6 atom stereocenters. The Balaban J connectivity index is 1.92. The fourth-order valence-electron chi connectivity index (χ4n) is 2.83. The molecule has 1 aromatic heterocycles. The maximum absolute atomic E-state index is 12.7. The molecule has 2 unspecified atom stereocenters. The van der Waals surface area contributed by atoms with Crippen molar-refractivity contribution < 1.29 is 23.5 Å². The van der Waals surface area contributed by atoms with Crippen molar-refractivity contribution in [1.82, 2.24) is 9.55 Å². The van der Waals surface area contributed by atoms with Crippen LogP contribution in [0.25, 0.3) is 0 Å². The van der Waals surface area contributed by atoms with E-state index < -0.39 is 43.9 Å². The Morgan fingerprint density at radius 1 is 1.35 bits per heavy atom. The molecular weight excluding hydrogens is 323 g/mol. The highest BCUT2D eigenvalue weighted by Gasteiger charge is 2.56. The fraction of sp³-hybridized carbons (Fsp3) is 0.714. The number of aromatic nitrogens is 2. The van der Waals surface area contributed by atoms with Crippen LogP contribution in [0.5, 0.6) is 0 Å². The Morgan fingerprint density at radius 2 is 2.04 bits per heavy atom. The summed E-state index contributed by atoms with van der Waals surface area (Å²) in [6.45, 7) is 6.90. The summed E-state index contributed by atoms with van der Waals surface area (Å²) in [6.07, 6.45) is -2.51. The maximum atomic E-state index is 12.7. The molecule has 3 heterocycles. The third kappa shape index (κ3) is 2.79. The van der Waals surface area contributed by atoms with Crippen LogP contribution < -0.4 is 5.69 Å². The van der Waals surface area contributed by atoms with Crippen molar-refractivity contribution in [3.05, 3.63) is 28.4 Å². The van der Waals surface area contributed by atoms with Gasteiger partial charge in [-0.1, -0.05) is 13.8 Å². The molecule has 23 heavy (non-hydrogen) atoms. The molecule has 1 aromatic rings. The Hall–Kier alpha value is -1.05. The lowest BCUT2D eigenvalue weighted by atomic mass is 10.1. The summed E-state index contributed by atoms with van der Waals surface area (Å²) >= 11 is 0. The van der Waals surface area contributed by atoms with Crippen molar-refractivity contribution in [3.8, 4) is 0 Å². The van der Waals surface area contributed by atoms with Gasteiger partial charge >= 0.3 is 13.3 Å². The average Bonchev–Trinajstić information content (AvgIpc) is 2.77. The van der Waals surface area contributed by atoms with Crippen LogP contribution in [0.1, 0.15) is 32.7 Å². The molecule has 8 nitrogen and oxygen atoms in total. The van der Waals surface area contributed by atoms with Gasteiger partial charge in [-0.3, -0.25) is 13.7 Å². The second-order valence-corrected chi connectivity index (χ2v) is 8.79. The van der Waals surface area contributed by atoms with Crippen LogP contribution in [-0.2, 0) is 18.3 Å². The second kappa shape index (κ2) is 5.79. The molecule has 2 saturated heterocycles. The van der Waals surface area contributed by atoms with E-state index >= 15 is 0 Å². The van der Waals surface area contributed by atoms with E-state index in [-0.39, 0.29) is 5.66 Å². The number of aliphatic hydroxyl groups excluding tert-OH is 1. The van der Waals surface area contributed by atoms with E-state index in [1.54, 1.807) is 33.8 Å². The molecule has 0 radical (unpaired) electrons. The minimum absolute atomic E-state index is 0.332. The van der Waals surface area contributed by atoms with Crippen molar-refractivity contribution in [2.24, 2.45) is 0 Å². The predicted octanol–water partition coefficient (Wildman–Crippen LogP) is 1.22. The topological polar surface area (TPSA) is 99.9 Å². The van der Waals surface area contributed by atoms with E-state index in [1.165, 1.54) is 10.8 Å². The lowest BCUT2D eigenvalue weighted by Crippen LogP contribution is -2.45. The highest BCUT2D eigenvalue weighted by atomic mass is 31.2. The van der Waals surface area contributed by atoms with Crippen molar-refractivity contribution in [2.45, 2.75) is 64.0 Å². The number of nitrogens with zero attached hydrogens (tertiary/aromatic N) is 2. The minimum atomic E-state index is -3.33. The smallest absolute Gasteiger partial charge is 0.349 e. The molecular formula is C14H21N2O6P. The van der Waals surface area contributed by atoms with E-state index in [2.05, 4.69) is 4.98 Å². The third-order valence-corrected chi connectivity index (χ3v) is 6.60. The quantitative estimate of drug-likeness (QED) is 0.805. The van der Waals surface area contributed by atoms with Crippen LogP contribution in [0.4, 0.5) is 0 Å². The Morgan fingerprint density at radius 3 is 2.65 bits per heavy atom. The zero-order valence-electron chi connectivity index (χ0n) is 13.4. The number of rotatable bonds is 2. The first kappa shape index (κ1) is 16.8. The van der Waals surface area contributed by atoms with E-state index in [4.69, 9.17) is 13.8 Å². The van der Waals surface area contributed by atoms with Crippen LogP contribution in [0, 0.1) is 6.92 Å². The van der Waals surface area contributed by atoms with Crippen molar-refractivity contribution in [2.75, 3.05) is 0 Å². The number of fused-ring (bicyclic) bond motifs is 1. The van der Waals surface area contributed by atoms with Crippen LogP contribution in [0.2, 0.25) is 0 Å². The zero-order chi connectivity index (χ0) is 16.9. The zero-order valence-corrected chi connectivity index (χ0v) is 14.3. The SMILES string of the molecule is Cc1ccn([C@@H]2O[C@@H]3C(C)OP(=O)(C(C)C)O[C@H]3[C@@H]2O)c(=O)n1. The first-order valence-electron chi connectivity index (χ1n) is 7.59. The molecule has 0 bridgehead atoms. The summed E-state index contributed by atoms with van der Waals surface area (Å²) in [5.74, 6) is 0. The standard InChI is InChI=1S/C14H21N2O6P/c1-7(2)23(19)21-9(4)11-12(22-23)10(17)13(20-11)16-6-5-8(3)15-14(16)18/h5-7,9-13,17H,1-4H3/t9?,10-,11+,12-,13+,23?/m0/s1. The monoisotopic (exact) mass is 344 g/mol. The fourth-order valence-corrected chi connectivity index (χ4v) is 4.53. The molecule has 0 aliphatic carbocycles. The summed E-state index contributed by atoms with van der Waals surface area (Å²) in [4.78, 5) is 15.9. The lowest BCUT2D eigenvalue weighted by Gasteiger charge is -2.37. The normalized spacial score (nSPS) is 40.3. The molecule has 0 amide bonds. The first-order chi connectivity index (χ1) is 10.7. The van der Waals surface area contributed by atoms with Gasteiger partial charge in [-0.25, -0.2) is 4.79 Å². The molecule has 2 aliphatic rings. The number of aliphatic hydroxyl groups is 1. The molecule has 128 valence electrons. The Labute approximate surface area is 133 Å². The summed E-state index contributed by atoms with van der Waals surface area (Å²) < 4.78 is 30.8. The largest absolute Gasteiger partial charge is 0.386 e. The maximum Gasteiger partial charge on any atom is 0.349 e. The van der Waals surface area contributed by atoms with Crippen LogP contribution in [0.15, 0.2) is 17.1 Å². The van der Waals surface area contributed by atoms with Crippen molar-refractivity contribution in [1.29, 1.82) is 0 Å². The molecule has 2 fully saturated rings. The van der Waals surface area contributed by atoms with Crippen LogP contribution in [0.3, 0.4) is 0 Å². The molecule has 0 aromatic carbocycles. The average molecular weight is 344 g/mol. The van der Waals surface area contributed by atoms with Crippen LogP contribution in [-0.4, -0.2) is 44.7 Å². The van der Waals surface area contributed by atoms with E-state index in [0.29, 0.717) is 5.69 Å². The van der Waals surface area contributed by atoms with E-state index in [9.17, 15) is 14.5 Å². The van der Waals surface area contributed by atoms with Crippen molar-refractivity contribution in [3.63, 3.8) is 0 Å². The Bertz CT molecular complexity index is 705. The third-order valence-electron chi connectivity index (χ3n) is 4.17. The van der Waals surface area contributed by atoms with Gasteiger partial charge in [-0.05, 0) is 19.9 Å². The van der Waals surface area contributed by atoms with E-state index in [0.717, 1.165) is 0 Å². The van der Waals surface area contributed by atoms with E-state index in [1.807, 2.05) is 0 Å². The number of hydrogen-bond donors (Lipinski definition) is 1. The van der Waals surface area contributed by atoms with Gasteiger partial charge in [0, 0.05) is 11.9 Å². The van der Waals surface area contributed by atoms with Gasteiger partial charge in [0.2, 0.25) is 0 Å².